The number of nitrogens with zero attached hydrogens (tertiary/aromatic N) is 2. The van der Waals surface area contributed by atoms with E-state index in [0.29, 0.717) is 35.2 Å². The second-order valence-corrected chi connectivity index (χ2v) is 6.44. The Morgan fingerprint density at radius 3 is 2.45 bits per heavy atom. The number of hydrogen-bond acceptors (Lipinski definition) is 7. The Labute approximate surface area is 173 Å². The van der Waals surface area contributed by atoms with Gasteiger partial charge < -0.3 is 19.7 Å². The highest BCUT2D eigenvalue weighted by Crippen LogP contribution is 2.27. The molecule has 2 aromatic carbocycles. The standard InChI is InChI=1S/C18H16N4O3S.C2H6O/c19-26-18(25)21-16-17(24)22(10-11-23)14-9-5-4-8-13(14)15(20-16)12-6-2-1-3-7-12;1-3-2/h1-9,11,16H,10,19H2,(H,21,25);1-2H3. The highest BCUT2D eigenvalue weighted by molar-refractivity contribution is 8.11. The van der Waals surface area contributed by atoms with E-state index in [1.54, 1.807) is 26.4 Å². The maximum atomic E-state index is 12.9. The van der Waals surface area contributed by atoms with Crippen LogP contribution in [0.5, 0.6) is 0 Å². The van der Waals surface area contributed by atoms with Gasteiger partial charge in [0.05, 0.1) is 17.9 Å². The summed E-state index contributed by atoms with van der Waals surface area (Å²) in [4.78, 5) is 41.6. The summed E-state index contributed by atoms with van der Waals surface area (Å²) >= 11 is 0.463. The first kappa shape index (κ1) is 22.3. The normalized spacial score (nSPS) is 15.3. The predicted octanol–water partition coefficient (Wildman–Crippen LogP) is 1.97. The molecule has 2 amide bonds. The van der Waals surface area contributed by atoms with Crippen LogP contribution in [-0.4, -0.2) is 50.1 Å². The van der Waals surface area contributed by atoms with Gasteiger partial charge in [-0.25, -0.2) is 4.99 Å². The fourth-order valence-corrected chi connectivity index (χ4v) is 2.94. The fourth-order valence-electron chi connectivity index (χ4n) is 2.76. The minimum absolute atomic E-state index is 0.143. The molecule has 29 heavy (non-hydrogen) atoms. The number of para-hydroxylation sites is 1. The number of anilines is 1. The first-order valence-electron chi connectivity index (χ1n) is 8.62. The van der Waals surface area contributed by atoms with Gasteiger partial charge in [-0.15, -0.1) is 0 Å². The fraction of sp³-hybridized carbons (Fsp3) is 0.200. The smallest absolute Gasteiger partial charge is 0.295 e. The number of benzene rings is 2. The Balaban J connectivity index is 0.000000941. The lowest BCUT2D eigenvalue weighted by atomic mass is 10.0. The van der Waals surface area contributed by atoms with E-state index < -0.39 is 17.3 Å². The molecule has 0 spiro atoms. The van der Waals surface area contributed by atoms with Gasteiger partial charge in [-0.3, -0.25) is 14.7 Å². The van der Waals surface area contributed by atoms with Gasteiger partial charge in [-0.1, -0.05) is 48.5 Å². The number of methoxy groups -OCH3 is 1. The number of carbonyl (C=O) groups excluding carboxylic acids is 3. The zero-order valence-corrected chi connectivity index (χ0v) is 16.9. The molecule has 1 aliphatic rings. The molecule has 3 rings (SSSR count). The molecule has 9 heteroatoms. The van der Waals surface area contributed by atoms with E-state index in [4.69, 9.17) is 5.14 Å². The van der Waals surface area contributed by atoms with Gasteiger partial charge in [-0.05, 0) is 6.07 Å². The molecule has 8 nitrogen and oxygen atoms in total. The number of fused-ring (bicyclic) bond motifs is 1. The van der Waals surface area contributed by atoms with E-state index in [0.717, 1.165) is 5.56 Å². The summed E-state index contributed by atoms with van der Waals surface area (Å²) in [7, 11) is 3.25. The molecule has 2 aromatic rings. The lowest BCUT2D eigenvalue weighted by Crippen LogP contribution is -2.47. The van der Waals surface area contributed by atoms with Crippen LogP contribution in [0.3, 0.4) is 0 Å². The number of rotatable bonds is 4. The van der Waals surface area contributed by atoms with Crippen molar-refractivity contribution in [1.82, 2.24) is 5.32 Å². The molecule has 0 bridgehead atoms. The van der Waals surface area contributed by atoms with Crippen LogP contribution in [0, 0.1) is 0 Å². The van der Waals surface area contributed by atoms with Gasteiger partial charge in [0.15, 0.2) is 0 Å². The van der Waals surface area contributed by atoms with Crippen molar-refractivity contribution in [3.05, 3.63) is 65.7 Å². The number of amides is 2. The molecule has 0 fully saturated rings. The number of aldehydes is 1. The Bertz CT molecular complexity index is 889. The van der Waals surface area contributed by atoms with Gasteiger partial charge in [0.25, 0.3) is 11.1 Å². The molecule has 1 unspecified atom stereocenters. The summed E-state index contributed by atoms with van der Waals surface area (Å²) < 4.78 is 4.25. The maximum Gasteiger partial charge on any atom is 0.295 e. The molecule has 0 saturated carbocycles. The van der Waals surface area contributed by atoms with E-state index in [-0.39, 0.29) is 6.54 Å². The van der Waals surface area contributed by atoms with Crippen LogP contribution in [0.4, 0.5) is 10.5 Å². The Morgan fingerprint density at radius 2 is 1.83 bits per heavy atom. The lowest BCUT2D eigenvalue weighted by molar-refractivity contribution is -0.121. The van der Waals surface area contributed by atoms with Crippen molar-refractivity contribution in [3.8, 4) is 0 Å². The van der Waals surface area contributed by atoms with Gasteiger partial charge >= 0.3 is 0 Å². The molecule has 0 aromatic heterocycles. The zero-order chi connectivity index (χ0) is 21.2. The van der Waals surface area contributed by atoms with Crippen molar-refractivity contribution >= 4 is 40.8 Å². The average molecular weight is 414 g/mol. The van der Waals surface area contributed by atoms with E-state index in [1.807, 2.05) is 42.5 Å². The highest BCUT2D eigenvalue weighted by atomic mass is 32.2. The predicted molar refractivity (Wildman–Crippen MR) is 114 cm³/mol. The number of benzodiazepines with no additional fused rings is 1. The van der Waals surface area contributed by atoms with Gasteiger partial charge in [0, 0.05) is 37.3 Å². The minimum atomic E-state index is -1.18. The molecule has 1 aliphatic heterocycles. The minimum Gasteiger partial charge on any atom is -0.388 e. The molecule has 1 atom stereocenters. The van der Waals surface area contributed by atoms with E-state index in [9.17, 15) is 14.4 Å². The number of nitrogens with two attached hydrogens (primary N) is 1. The Morgan fingerprint density at radius 1 is 1.21 bits per heavy atom. The third-order valence-electron chi connectivity index (χ3n) is 3.87. The average Bonchev–Trinajstić information content (AvgIpc) is 2.86. The van der Waals surface area contributed by atoms with Crippen LogP contribution in [0.2, 0.25) is 0 Å². The first-order valence-corrected chi connectivity index (χ1v) is 9.50. The van der Waals surface area contributed by atoms with Crippen LogP contribution < -0.4 is 15.4 Å². The second kappa shape index (κ2) is 11.1. The molecule has 0 saturated heterocycles. The van der Waals surface area contributed by atoms with Crippen molar-refractivity contribution in [2.24, 2.45) is 10.1 Å². The van der Waals surface area contributed by atoms with Gasteiger partial charge in [0.1, 0.15) is 6.29 Å². The molecular weight excluding hydrogens is 392 g/mol. The molecule has 1 heterocycles. The lowest BCUT2D eigenvalue weighted by Gasteiger charge is -2.23. The molecule has 3 N–H and O–H groups in total. The Hall–Kier alpha value is -3.01. The Kier molecular flexibility index (Phi) is 8.53. The monoisotopic (exact) mass is 414 g/mol. The zero-order valence-electron chi connectivity index (χ0n) is 16.1. The molecule has 0 aliphatic carbocycles. The van der Waals surface area contributed by atoms with Crippen molar-refractivity contribution in [3.63, 3.8) is 0 Å². The van der Waals surface area contributed by atoms with Crippen LogP contribution in [0.15, 0.2) is 59.6 Å². The number of aliphatic imine (C=N–C) groups is 1. The van der Waals surface area contributed by atoms with Crippen molar-refractivity contribution < 1.29 is 19.1 Å². The SMILES string of the molecule is COC.NSC(=O)NC1N=C(c2ccccc2)c2ccccc2N(CC=O)C1=O. The number of carbonyl (C=O) groups is 3. The molecule has 152 valence electrons. The highest BCUT2D eigenvalue weighted by Gasteiger charge is 2.32. The summed E-state index contributed by atoms with van der Waals surface area (Å²) in [5.41, 5.74) is 2.60. The van der Waals surface area contributed by atoms with Crippen LogP contribution >= 0.6 is 11.9 Å². The van der Waals surface area contributed by atoms with E-state index >= 15 is 0 Å². The number of nitrogens with one attached hydrogen (secondary N) is 1. The largest absolute Gasteiger partial charge is 0.388 e. The van der Waals surface area contributed by atoms with Crippen LogP contribution in [0.1, 0.15) is 11.1 Å². The van der Waals surface area contributed by atoms with Crippen molar-refractivity contribution in [2.45, 2.75) is 6.17 Å². The molecular formula is C20H22N4O4S. The summed E-state index contributed by atoms with van der Waals surface area (Å²) in [6.07, 6.45) is -0.542. The van der Waals surface area contributed by atoms with E-state index in [2.05, 4.69) is 15.0 Å². The third kappa shape index (κ3) is 5.50. The quantitative estimate of drug-likeness (QED) is 0.584. The summed E-state index contributed by atoms with van der Waals surface area (Å²) in [6, 6.07) is 16.5. The van der Waals surface area contributed by atoms with Crippen molar-refractivity contribution in [2.75, 3.05) is 25.7 Å². The van der Waals surface area contributed by atoms with Gasteiger partial charge in [-0.2, -0.15) is 0 Å². The van der Waals surface area contributed by atoms with E-state index in [1.165, 1.54) is 4.90 Å². The second-order valence-electron chi connectivity index (χ2n) is 5.84. The topological polar surface area (TPSA) is 114 Å². The summed E-state index contributed by atoms with van der Waals surface area (Å²) in [5, 5.41) is 7.17. The van der Waals surface area contributed by atoms with Crippen LogP contribution in [-0.2, 0) is 14.3 Å². The van der Waals surface area contributed by atoms with Crippen LogP contribution in [0.25, 0.3) is 0 Å². The maximum absolute atomic E-state index is 12.9. The summed E-state index contributed by atoms with van der Waals surface area (Å²) in [6.45, 7) is -0.143. The first-order chi connectivity index (χ1) is 14.1. The van der Waals surface area contributed by atoms with Gasteiger partial charge in [0.2, 0.25) is 6.17 Å². The van der Waals surface area contributed by atoms with Crippen molar-refractivity contribution in [1.29, 1.82) is 0 Å². The summed E-state index contributed by atoms with van der Waals surface area (Å²) in [5.74, 6) is -0.502. The third-order valence-corrected chi connectivity index (χ3v) is 4.21. The number of hydrogen-bond donors (Lipinski definition) is 2. The molecule has 0 radical (unpaired) electrons. The number of ether oxygens (including phenoxy) is 1.